The van der Waals surface area contributed by atoms with Crippen molar-refractivity contribution in [2.24, 2.45) is 11.8 Å². The number of hydrogen-bond donors (Lipinski definition) is 2. The molecule has 3 nitrogen and oxygen atoms in total. The van der Waals surface area contributed by atoms with Gasteiger partial charge in [-0.15, -0.1) is 0 Å². The maximum Gasteiger partial charge on any atom is 0.290 e. The van der Waals surface area contributed by atoms with Crippen molar-refractivity contribution in [3.05, 3.63) is 0 Å². The van der Waals surface area contributed by atoms with Gasteiger partial charge in [-0.1, -0.05) is 19.3 Å². The molecule has 2 fully saturated rings. The SMILES string of the molecule is C1CCC2CNCCC2C1.O=CO. The highest BCUT2D eigenvalue weighted by molar-refractivity contribution is 5.32. The summed E-state index contributed by atoms with van der Waals surface area (Å²) in [7, 11) is 0. The quantitative estimate of drug-likeness (QED) is 0.562. The van der Waals surface area contributed by atoms with Gasteiger partial charge in [0.15, 0.2) is 0 Å². The van der Waals surface area contributed by atoms with Gasteiger partial charge in [-0.05, 0) is 37.8 Å². The zero-order chi connectivity index (χ0) is 9.52. The summed E-state index contributed by atoms with van der Waals surface area (Å²) in [5.41, 5.74) is 0. The Morgan fingerprint density at radius 1 is 1.15 bits per heavy atom. The summed E-state index contributed by atoms with van der Waals surface area (Å²) < 4.78 is 0. The lowest BCUT2D eigenvalue weighted by molar-refractivity contribution is -0.122. The molecule has 0 aromatic carbocycles. The molecule has 1 aliphatic heterocycles. The molecule has 1 saturated heterocycles. The molecule has 0 aromatic heterocycles. The van der Waals surface area contributed by atoms with Crippen LogP contribution in [0.15, 0.2) is 0 Å². The maximum absolute atomic E-state index is 8.36. The molecule has 2 atom stereocenters. The molecule has 3 heteroatoms. The van der Waals surface area contributed by atoms with E-state index in [2.05, 4.69) is 5.32 Å². The van der Waals surface area contributed by atoms with Gasteiger partial charge in [-0.3, -0.25) is 4.79 Å². The van der Waals surface area contributed by atoms with Crippen LogP contribution in [0.1, 0.15) is 32.1 Å². The molecule has 13 heavy (non-hydrogen) atoms. The van der Waals surface area contributed by atoms with E-state index in [4.69, 9.17) is 9.90 Å². The van der Waals surface area contributed by atoms with Crippen LogP contribution in [-0.4, -0.2) is 24.7 Å². The summed E-state index contributed by atoms with van der Waals surface area (Å²) in [5, 5.41) is 10.4. The van der Waals surface area contributed by atoms with Crippen molar-refractivity contribution in [1.29, 1.82) is 0 Å². The van der Waals surface area contributed by atoms with E-state index in [9.17, 15) is 0 Å². The van der Waals surface area contributed by atoms with E-state index in [1.165, 1.54) is 45.2 Å². The van der Waals surface area contributed by atoms with Gasteiger partial charge in [0.05, 0.1) is 0 Å². The van der Waals surface area contributed by atoms with Gasteiger partial charge in [-0.2, -0.15) is 0 Å². The van der Waals surface area contributed by atoms with Crippen LogP contribution in [-0.2, 0) is 4.79 Å². The molecule has 1 heterocycles. The average Bonchev–Trinajstić information content (AvgIpc) is 2.19. The van der Waals surface area contributed by atoms with Crippen LogP contribution >= 0.6 is 0 Å². The average molecular weight is 185 g/mol. The summed E-state index contributed by atoms with van der Waals surface area (Å²) in [6, 6.07) is 0. The number of hydrogen-bond acceptors (Lipinski definition) is 2. The fraction of sp³-hybridized carbons (Fsp3) is 0.900. The van der Waals surface area contributed by atoms with Gasteiger partial charge >= 0.3 is 0 Å². The standard InChI is InChI=1S/C9H17N.CH2O2/c1-2-4-9-7-10-6-5-8(9)3-1;2-1-3/h8-10H,1-7H2;1H,(H,2,3). The first-order valence-electron chi connectivity index (χ1n) is 5.17. The van der Waals surface area contributed by atoms with Gasteiger partial charge in [-0.25, -0.2) is 0 Å². The normalized spacial score (nSPS) is 32.3. The third-order valence-electron chi connectivity index (χ3n) is 3.16. The van der Waals surface area contributed by atoms with Crippen molar-refractivity contribution >= 4 is 6.47 Å². The van der Waals surface area contributed by atoms with E-state index in [1.807, 2.05) is 0 Å². The molecule has 0 aromatic rings. The lowest BCUT2D eigenvalue weighted by atomic mass is 9.76. The fourth-order valence-corrected chi connectivity index (χ4v) is 2.51. The zero-order valence-electron chi connectivity index (χ0n) is 8.04. The van der Waals surface area contributed by atoms with Gasteiger partial charge in [0, 0.05) is 0 Å². The van der Waals surface area contributed by atoms with Crippen LogP contribution in [0.5, 0.6) is 0 Å². The molecule has 1 saturated carbocycles. The Morgan fingerprint density at radius 3 is 2.38 bits per heavy atom. The first kappa shape index (κ1) is 10.5. The molecule has 0 bridgehead atoms. The third-order valence-corrected chi connectivity index (χ3v) is 3.16. The molecule has 0 radical (unpaired) electrons. The minimum Gasteiger partial charge on any atom is -0.483 e. The maximum atomic E-state index is 8.36. The molecular formula is C10H19NO2. The summed E-state index contributed by atoms with van der Waals surface area (Å²) in [6.45, 7) is 2.34. The molecule has 2 N–H and O–H groups in total. The Balaban J connectivity index is 0.000000251. The molecule has 2 unspecified atom stereocenters. The van der Waals surface area contributed by atoms with Crippen LogP contribution in [0.25, 0.3) is 0 Å². The minimum absolute atomic E-state index is 0.250. The van der Waals surface area contributed by atoms with Crippen molar-refractivity contribution in [1.82, 2.24) is 5.32 Å². The molecule has 2 aliphatic rings. The first-order chi connectivity index (χ1) is 6.38. The topological polar surface area (TPSA) is 49.3 Å². The van der Waals surface area contributed by atoms with E-state index in [0.29, 0.717) is 0 Å². The summed E-state index contributed by atoms with van der Waals surface area (Å²) in [4.78, 5) is 8.36. The van der Waals surface area contributed by atoms with Crippen LogP contribution in [0, 0.1) is 11.8 Å². The molecule has 2 rings (SSSR count). The number of carbonyl (C=O) groups is 1. The van der Waals surface area contributed by atoms with Crippen molar-refractivity contribution in [3.63, 3.8) is 0 Å². The molecule has 1 aliphatic carbocycles. The Bertz CT molecular complexity index is 124. The van der Waals surface area contributed by atoms with E-state index in [-0.39, 0.29) is 6.47 Å². The molecule has 76 valence electrons. The number of piperidine rings is 1. The largest absolute Gasteiger partial charge is 0.483 e. The second-order valence-electron chi connectivity index (χ2n) is 3.90. The molecular weight excluding hydrogens is 166 g/mol. The monoisotopic (exact) mass is 185 g/mol. The lowest BCUT2D eigenvalue weighted by Gasteiger charge is -2.35. The van der Waals surface area contributed by atoms with E-state index in [1.54, 1.807) is 0 Å². The summed E-state index contributed by atoms with van der Waals surface area (Å²) in [6.07, 6.45) is 7.46. The van der Waals surface area contributed by atoms with Crippen LogP contribution < -0.4 is 5.32 Å². The van der Waals surface area contributed by atoms with Gasteiger partial charge < -0.3 is 10.4 Å². The van der Waals surface area contributed by atoms with E-state index < -0.39 is 0 Å². The van der Waals surface area contributed by atoms with Crippen LogP contribution in [0.3, 0.4) is 0 Å². The van der Waals surface area contributed by atoms with Crippen molar-refractivity contribution < 1.29 is 9.90 Å². The number of nitrogens with one attached hydrogen (secondary N) is 1. The number of fused-ring (bicyclic) bond motifs is 1. The van der Waals surface area contributed by atoms with Gasteiger partial charge in [0.2, 0.25) is 0 Å². The second kappa shape index (κ2) is 5.97. The summed E-state index contributed by atoms with van der Waals surface area (Å²) >= 11 is 0. The fourth-order valence-electron chi connectivity index (χ4n) is 2.51. The highest BCUT2D eigenvalue weighted by Crippen LogP contribution is 2.33. The Morgan fingerprint density at radius 2 is 1.77 bits per heavy atom. The summed E-state index contributed by atoms with van der Waals surface area (Å²) in [5.74, 6) is 2.14. The Hall–Kier alpha value is -0.570. The van der Waals surface area contributed by atoms with E-state index >= 15 is 0 Å². The smallest absolute Gasteiger partial charge is 0.290 e. The van der Waals surface area contributed by atoms with Crippen LogP contribution in [0.2, 0.25) is 0 Å². The first-order valence-corrected chi connectivity index (χ1v) is 5.17. The van der Waals surface area contributed by atoms with E-state index in [0.717, 1.165) is 11.8 Å². The molecule has 0 spiro atoms. The molecule has 0 amide bonds. The number of rotatable bonds is 0. The number of carboxylic acid groups (broad SMARTS) is 1. The predicted octanol–water partition coefficient (Wildman–Crippen LogP) is 1.49. The predicted molar refractivity (Wildman–Crippen MR) is 51.6 cm³/mol. The van der Waals surface area contributed by atoms with Crippen molar-refractivity contribution in [2.45, 2.75) is 32.1 Å². The third kappa shape index (κ3) is 3.35. The Kier molecular flexibility index (Phi) is 4.83. The minimum atomic E-state index is -0.250. The van der Waals surface area contributed by atoms with Crippen molar-refractivity contribution in [3.8, 4) is 0 Å². The lowest BCUT2D eigenvalue weighted by Crippen LogP contribution is -2.38. The van der Waals surface area contributed by atoms with Gasteiger partial charge in [0.1, 0.15) is 0 Å². The highest BCUT2D eigenvalue weighted by atomic mass is 16.3. The second-order valence-corrected chi connectivity index (χ2v) is 3.90. The van der Waals surface area contributed by atoms with Gasteiger partial charge in [0.25, 0.3) is 6.47 Å². The zero-order valence-corrected chi connectivity index (χ0v) is 8.04. The van der Waals surface area contributed by atoms with Crippen LogP contribution in [0.4, 0.5) is 0 Å². The Labute approximate surface area is 79.5 Å². The van der Waals surface area contributed by atoms with Crippen molar-refractivity contribution in [2.75, 3.05) is 13.1 Å². The highest BCUT2D eigenvalue weighted by Gasteiger charge is 2.26.